The molecule has 0 aliphatic rings. The van der Waals surface area contributed by atoms with Gasteiger partial charge in [-0.05, 0) is 109 Å². The number of fused-ring (bicyclic) bond motifs is 1. The number of aromatic nitrogens is 3. The van der Waals surface area contributed by atoms with Crippen LogP contribution in [0, 0.1) is 6.07 Å². The summed E-state index contributed by atoms with van der Waals surface area (Å²) in [5, 5.41) is 12.5. The van der Waals surface area contributed by atoms with Crippen LogP contribution in [0.25, 0.3) is 83.9 Å². The third kappa shape index (κ3) is 9.79. The van der Waals surface area contributed by atoms with Gasteiger partial charge in [0.15, 0.2) is 0 Å². The number of aromatic hydroxyl groups is 1. The van der Waals surface area contributed by atoms with E-state index >= 15 is 0 Å². The standard InChI is InChI=1S/C64H64N3O.Pt/c1-39(2)43-25-27-44(28-26-43)47-29-30-65-58(36-47)50-31-49(32-51(33-50)64(9,10)11)52-23-18-24-59-61(52)66-63(57-35-48(40(3)4)34-54(42(7)8)62(57)68)67(59)60-38-55(45-19-14-12-15-20-45)53(41(5)6)37-56(60)46-21-16-13-17-22-46;/h12-30,32-42,68H,1-11H3;/q-1;/i39D,41D;. The van der Waals surface area contributed by atoms with Crippen LogP contribution in [0.5, 0.6) is 5.75 Å². The maximum absolute atomic E-state index is 12.5. The Kier molecular flexibility index (Phi) is 13.4. The Hall–Kier alpha value is -6.35. The summed E-state index contributed by atoms with van der Waals surface area (Å²) in [7, 11) is 0. The van der Waals surface area contributed by atoms with E-state index in [1.807, 2.05) is 76.4 Å². The molecule has 0 radical (unpaired) electrons. The molecular weight excluding hydrogens is 1020 g/mol. The number of para-hydroxylation sites is 1. The number of hydrogen-bond donors (Lipinski definition) is 1. The summed E-state index contributed by atoms with van der Waals surface area (Å²) >= 11 is 0. The van der Waals surface area contributed by atoms with Crippen molar-refractivity contribution in [3.63, 3.8) is 0 Å². The minimum atomic E-state index is -0.930. The van der Waals surface area contributed by atoms with E-state index in [0.29, 0.717) is 11.4 Å². The van der Waals surface area contributed by atoms with Crippen molar-refractivity contribution < 1.29 is 28.9 Å². The molecule has 0 atom stereocenters. The van der Waals surface area contributed by atoms with Crippen molar-refractivity contribution in [2.24, 2.45) is 0 Å². The van der Waals surface area contributed by atoms with Crippen LogP contribution >= 0.6 is 0 Å². The number of pyridine rings is 1. The predicted octanol–water partition coefficient (Wildman–Crippen LogP) is 17.7. The van der Waals surface area contributed by atoms with Gasteiger partial charge in [0.2, 0.25) is 0 Å². The van der Waals surface area contributed by atoms with Crippen LogP contribution in [0.15, 0.2) is 158 Å². The van der Waals surface area contributed by atoms with E-state index < -0.39 is 11.8 Å². The van der Waals surface area contributed by atoms with Gasteiger partial charge < -0.3 is 5.11 Å². The fraction of sp³-hybridized carbons (Fsp3) is 0.250. The Bertz CT molecular complexity index is 3370. The average Bonchev–Trinajstić information content (AvgIpc) is 3.72. The fourth-order valence-corrected chi connectivity index (χ4v) is 9.30. The zero-order valence-electron chi connectivity index (χ0n) is 43.8. The molecule has 0 spiro atoms. The van der Waals surface area contributed by atoms with Crippen LogP contribution in [0.1, 0.15) is 130 Å². The predicted molar refractivity (Wildman–Crippen MR) is 287 cm³/mol. The Labute approximate surface area is 427 Å². The second-order valence-corrected chi connectivity index (χ2v) is 20.4. The largest absolute Gasteiger partial charge is 0.507 e. The number of hydrogen-bond acceptors (Lipinski definition) is 3. The third-order valence-electron chi connectivity index (χ3n) is 13.3. The van der Waals surface area contributed by atoms with Gasteiger partial charge in [0, 0.05) is 41.3 Å². The maximum atomic E-state index is 12.5. The molecule has 0 bridgehead atoms. The molecule has 0 unspecified atom stereocenters. The Morgan fingerprint density at radius 2 is 1.20 bits per heavy atom. The van der Waals surface area contributed by atoms with Gasteiger partial charge in [-0.3, -0.25) is 9.55 Å². The molecule has 5 heteroatoms. The zero-order chi connectivity index (χ0) is 49.9. The van der Waals surface area contributed by atoms with Gasteiger partial charge in [-0.15, -0.1) is 29.3 Å². The van der Waals surface area contributed by atoms with Crippen LogP contribution in [0.4, 0.5) is 0 Å². The summed E-state index contributed by atoms with van der Waals surface area (Å²) in [6.45, 7) is 23.1. The van der Waals surface area contributed by atoms with E-state index in [1.165, 1.54) is 0 Å². The molecule has 69 heavy (non-hydrogen) atoms. The Morgan fingerprint density at radius 3 is 1.81 bits per heavy atom. The molecular formula is C64H64N3OPt-. The topological polar surface area (TPSA) is 50.9 Å². The van der Waals surface area contributed by atoms with E-state index in [9.17, 15) is 6.48 Å². The molecule has 7 aromatic carbocycles. The summed E-state index contributed by atoms with van der Waals surface area (Å²) in [5.74, 6) is -0.513. The normalized spacial score (nSPS) is 12.6. The number of phenolic OH excluding ortho intramolecular Hbond substituents is 1. The van der Waals surface area contributed by atoms with Crippen LogP contribution in [0.3, 0.4) is 0 Å². The summed E-state index contributed by atoms with van der Waals surface area (Å²) in [4.78, 5) is 10.6. The summed E-state index contributed by atoms with van der Waals surface area (Å²) in [6.07, 6.45) is 1.86. The van der Waals surface area contributed by atoms with Crippen molar-refractivity contribution in [2.75, 3.05) is 0 Å². The molecule has 0 saturated heterocycles. The number of imidazole rings is 1. The molecule has 0 saturated carbocycles. The maximum Gasteiger partial charge on any atom is 0.148 e. The van der Waals surface area contributed by atoms with Gasteiger partial charge in [0.05, 0.1) is 22.3 Å². The van der Waals surface area contributed by atoms with Crippen molar-refractivity contribution in [3.05, 3.63) is 192 Å². The van der Waals surface area contributed by atoms with Crippen molar-refractivity contribution in [2.45, 2.75) is 105 Å². The summed E-state index contributed by atoms with van der Waals surface area (Å²) in [6, 6.07) is 56.5. The van der Waals surface area contributed by atoms with Crippen LogP contribution < -0.4 is 0 Å². The second-order valence-electron chi connectivity index (χ2n) is 20.4. The van der Waals surface area contributed by atoms with Gasteiger partial charge in [-0.1, -0.05) is 196 Å². The number of benzene rings is 7. The van der Waals surface area contributed by atoms with Crippen LogP contribution in [-0.2, 0) is 26.5 Å². The molecule has 4 nitrogen and oxygen atoms in total. The Morgan fingerprint density at radius 1 is 0.551 bits per heavy atom. The van der Waals surface area contributed by atoms with Gasteiger partial charge in [-0.2, -0.15) is 0 Å². The fourth-order valence-electron chi connectivity index (χ4n) is 9.30. The van der Waals surface area contributed by atoms with E-state index in [1.54, 1.807) is 0 Å². The molecule has 9 rings (SSSR count). The first-order valence-corrected chi connectivity index (χ1v) is 24.0. The van der Waals surface area contributed by atoms with Gasteiger partial charge >= 0.3 is 0 Å². The first-order chi connectivity index (χ1) is 33.2. The van der Waals surface area contributed by atoms with Crippen molar-refractivity contribution >= 4 is 11.0 Å². The van der Waals surface area contributed by atoms with Gasteiger partial charge in [0.25, 0.3) is 0 Å². The zero-order valence-corrected chi connectivity index (χ0v) is 44.0. The smallest absolute Gasteiger partial charge is 0.148 e. The quantitative estimate of drug-likeness (QED) is 0.131. The number of phenols is 1. The molecule has 2 heterocycles. The van der Waals surface area contributed by atoms with E-state index in [2.05, 4.69) is 168 Å². The molecule has 9 aromatic rings. The minimum Gasteiger partial charge on any atom is -0.507 e. The SMILES string of the molecule is [2H]C(C)(C)c1ccc(-c2ccnc(-c3[c-]c(-c4cccc5c4nc(-c4cc(C(C)C)cc(C(C)C)c4O)n5-c4cc(-c5ccccc5)c(C([2H])(C)C)cc4-c4ccccc4)cc(C(C)(C)C)c3)c2)cc1.[Pt]. The first-order valence-electron chi connectivity index (χ1n) is 25.0. The molecule has 1 N–H and O–H groups in total. The second kappa shape index (κ2) is 19.9. The number of rotatable bonds is 11. The van der Waals surface area contributed by atoms with Crippen molar-refractivity contribution in [3.8, 4) is 78.6 Å². The average molecular weight is 1090 g/mol. The molecule has 0 fully saturated rings. The number of nitrogens with zero attached hydrogens (tertiary/aromatic N) is 3. The summed E-state index contributed by atoms with van der Waals surface area (Å²) in [5.41, 5.74) is 17.5. The van der Waals surface area contributed by atoms with Crippen LogP contribution in [-0.4, -0.2) is 19.6 Å². The van der Waals surface area contributed by atoms with Crippen molar-refractivity contribution in [1.29, 1.82) is 0 Å². The molecule has 0 aliphatic carbocycles. The molecule has 352 valence electrons. The van der Waals surface area contributed by atoms with E-state index in [4.69, 9.17) is 11.3 Å². The molecule has 0 aliphatic heterocycles. The molecule has 0 amide bonds. The minimum absolute atomic E-state index is 0. The van der Waals surface area contributed by atoms with Crippen molar-refractivity contribution in [1.82, 2.24) is 14.5 Å². The van der Waals surface area contributed by atoms with E-state index in [0.717, 1.165) is 100 Å². The van der Waals surface area contributed by atoms with E-state index in [-0.39, 0.29) is 44.1 Å². The van der Waals surface area contributed by atoms with Gasteiger partial charge in [0.1, 0.15) is 11.6 Å². The molecule has 2 aromatic heterocycles. The summed E-state index contributed by atoms with van der Waals surface area (Å²) < 4.78 is 20.3. The first kappa shape index (κ1) is 46.4. The Balaban J connectivity index is 0.00000676. The third-order valence-corrected chi connectivity index (χ3v) is 13.3. The van der Waals surface area contributed by atoms with Gasteiger partial charge in [-0.25, -0.2) is 4.98 Å². The van der Waals surface area contributed by atoms with Crippen LogP contribution in [0.2, 0.25) is 0 Å². The monoisotopic (exact) mass is 1090 g/mol.